The number of amides is 2. The molecule has 2 aromatic rings. The van der Waals surface area contributed by atoms with E-state index in [0.717, 1.165) is 0 Å². The minimum atomic E-state index is -1.24. The van der Waals surface area contributed by atoms with Crippen molar-refractivity contribution >= 4 is 40.5 Å². The van der Waals surface area contributed by atoms with Crippen molar-refractivity contribution in [1.29, 1.82) is 0 Å². The zero-order chi connectivity index (χ0) is 22.8. The second kappa shape index (κ2) is 9.23. The third-order valence-corrected chi connectivity index (χ3v) is 5.65. The molecule has 170 valence electrons. The van der Waals surface area contributed by atoms with E-state index in [4.69, 9.17) is 21.7 Å². The Hall–Kier alpha value is -3.02. The Kier molecular flexibility index (Phi) is 6.40. The van der Waals surface area contributed by atoms with Gasteiger partial charge in [-0.25, -0.2) is 13.6 Å². The molecule has 2 fully saturated rings. The van der Waals surface area contributed by atoms with Gasteiger partial charge in [0.2, 0.25) is 6.41 Å². The van der Waals surface area contributed by atoms with Gasteiger partial charge in [0.05, 0.1) is 25.4 Å². The average Bonchev–Trinajstić information content (AvgIpc) is 3.35. The number of hydrogen-bond acceptors (Lipinski definition) is 6. The quantitative estimate of drug-likeness (QED) is 0.658. The molecule has 11 heteroatoms. The number of carbonyl (C=O) groups excluding carboxylic acids is 1. The van der Waals surface area contributed by atoms with Crippen molar-refractivity contribution in [2.75, 3.05) is 48.0 Å². The number of hydrogen-bond donors (Lipinski definition) is 2. The summed E-state index contributed by atoms with van der Waals surface area (Å²) in [5.74, 6) is -1.00. The van der Waals surface area contributed by atoms with E-state index >= 15 is 0 Å². The van der Waals surface area contributed by atoms with Crippen LogP contribution in [-0.2, 0) is 9.47 Å². The minimum Gasteiger partial charge on any atom is -0.474 e. The van der Waals surface area contributed by atoms with E-state index in [1.807, 2.05) is 0 Å². The van der Waals surface area contributed by atoms with Gasteiger partial charge >= 0.3 is 6.03 Å². The molecule has 0 bridgehead atoms. The van der Waals surface area contributed by atoms with Gasteiger partial charge in [-0.15, -0.1) is 0 Å². The molecule has 2 N–H and O–H groups in total. The fourth-order valence-electron chi connectivity index (χ4n) is 3.73. The van der Waals surface area contributed by atoms with Crippen LogP contribution in [0.1, 0.15) is 0 Å². The number of benzene rings is 2. The number of aliphatic hydroxyl groups excluding tert-OH is 1. The number of thiocarbonyl (C=S) groups is 1. The average molecular weight is 464 g/mol. The highest BCUT2D eigenvalue weighted by molar-refractivity contribution is 7.80. The van der Waals surface area contributed by atoms with Crippen LogP contribution < -0.4 is 20.0 Å². The van der Waals surface area contributed by atoms with Gasteiger partial charge in [-0.05, 0) is 54.7 Å². The SMILES string of the molecule is COC(=S)NC[C@H]1CN(c2ccc(N3CCN(c4ccc(F)cc4)C3=O)c(F)c2)C(O)O1. The molecule has 8 nitrogen and oxygen atoms in total. The molecule has 4 rings (SSSR count). The second-order valence-electron chi connectivity index (χ2n) is 7.31. The standard InChI is InChI=1S/C21H22F2N4O4S/c1-30-19(32)24-11-16-12-27(21(29)31-16)15-6-7-18(17(23)10-15)26-9-8-25(20(26)28)14-4-2-13(22)3-5-14/h2-7,10,16,21,29H,8-9,11-12H2,1H3,(H,24,32)/t16-,21?/m0/s1. The van der Waals surface area contributed by atoms with Gasteiger partial charge in [0.1, 0.15) is 11.6 Å². The molecule has 1 unspecified atom stereocenters. The van der Waals surface area contributed by atoms with Gasteiger partial charge in [-0.2, -0.15) is 0 Å². The highest BCUT2D eigenvalue weighted by Crippen LogP contribution is 2.31. The Balaban J connectivity index is 1.45. The van der Waals surface area contributed by atoms with E-state index in [1.165, 1.54) is 58.2 Å². The minimum absolute atomic E-state index is 0.127. The molecule has 2 amide bonds. The number of urea groups is 1. The zero-order valence-electron chi connectivity index (χ0n) is 17.2. The van der Waals surface area contributed by atoms with Crippen molar-refractivity contribution in [3.63, 3.8) is 0 Å². The smallest absolute Gasteiger partial charge is 0.329 e. The van der Waals surface area contributed by atoms with Crippen molar-refractivity contribution in [1.82, 2.24) is 5.32 Å². The lowest BCUT2D eigenvalue weighted by Gasteiger charge is -2.23. The predicted octanol–water partition coefficient (Wildman–Crippen LogP) is 2.41. The Labute approximate surface area is 188 Å². The number of nitrogens with one attached hydrogen (secondary N) is 1. The number of rotatable bonds is 5. The fourth-order valence-corrected chi connectivity index (χ4v) is 3.81. The molecule has 2 aliphatic heterocycles. The van der Waals surface area contributed by atoms with Gasteiger partial charge in [-0.1, -0.05) is 0 Å². The molecule has 0 aliphatic carbocycles. The molecule has 2 atom stereocenters. The van der Waals surface area contributed by atoms with E-state index in [1.54, 1.807) is 6.07 Å². The molecular formula is C21H22F2N4O4S. The molecule has 2 heterocycles. The highest BCUT2D eigenvalue weighted by atomic mass is 32.1. The summed E-state index contributed by atoms with van der Waals surface area (Å²) in [6, 6.07) is 9.54. The van der Waals surface area contributed by atoms with Gasteiger partial charge in [0.25, 0.3) is 5.17 Å². The summed E-state index contributed by atoms with van der Waals surface area (Å²) in [5, 5.41) is 13.3. The van der Waals surface area contributed by atoms with Crippen molar-refractivity contribution in [2.24, 2.45) is 0 Å². The summed E-state index contributed by atoms with van der Waals surface area (Å²) in [6.45, 7) is 1.26. The third kappa shape index (κ3) is 4.45. The number of ether oxygens (including phenoxy) is 2. The Morgan fingerprint density at radius 2 is 1.88 bits per heavy atom. The first-order valence-corrected chi connectivity index (χ1v) is 10.3. The topological polar surface area (TPSA) is 77.5 Å². The number of aliphatic hydroxyl groups is 1. The lowest BCUT2D eigenvalue weighted by Crippen LogP contribution is -2.34. The molecule has 32 heavy (non-hydrogen) atoms. The Morgan fingerprint density at radius 1 is 1.19 bits per heavy atom. The zero-order valence-corrected chi connectivity index (χ0v) is 18.0. The van der Waals surface area contributed by atoms with E-state index in [0.29, 0.717) is 31.0 Å². The molecule has 0 spiro atoms. The predicted molar refractivity (Wildman–Crippen MR) is 119 cm³/mol. The number of methoxy groups -OCH3 is 1. The first-order valence-electron chi connectivity index (χ1n) is 9.93. The summed E-state index contributed by atoms with van der Waals surface area (Å²) >= 11 is 4.91. The molecule has 2 aromatic carbocycles. The Morgan fingerprint density at radius 3 is 2.56 bits per heavy atom. The van der Waals surface area contributed by atoms with Crippen LogP contribution in [0.2, 0.25) is 0 Å². The summed E-state index contributed by atoms with van der Waals surface area (Å²) in [7, 11) is 1.44. The van der Waals surface area contributed by atoms with Gasteiger partial charge < -0.3 is 24.8 Å². The van der Waals surface area contributed by atoms with Gasteiger partial charge in [0.15, 0.2) is 0 Å². The third-order valence-electron chi connectivity index (χ3n) is 5.34. The molecular weight excluding hydrogens is 442 g/mol. The largest absolute Gasteiger partial charge is 0.474 e. The van der Waals surface area contributed by atoms with E-state index < -0.39 is 24.1 Å². The van der Waals surface area contributed by atoms with Gasteiger partial charge in [-0.3, -0.25) is 9.80 Å². The van der Waals surface area contributed by atoms with E-state index in [9.17, 15) is 18.7 Å². The highest BCUT2D eigenvalue weighted by Gasteiger charge is 2.34. The lowest BCUT2D eigenvalue weighted by molar-refractivity contribution is -0.0865. The summed E-state index contributed by atoms with van der Waals surface area (Å²) < 4.78 is 38.5. The van der Waals surface area contributed by atoms with E-state index in [2.05, 4.69) is 5.32 Å². The maximum atomic E-state index is 15.0. The number of nitrogens with zero attached hydrogens (tertiary/aromatic N) is 3. The van der Waals surface area contributed by atoms with Crippen LogP contribution in [0.25, 0.3) is 0 Å². The van der Waals surface area contributed by atoms with Gasteiger partial charge in [0, 0.05) is 31.0 Å². The maximum Gasteiger partial charge on any atom is 0.329 e. The maximum absolute atomic E-state index is 15.0. The number of halogens is 2. The molecule has 0 saturated carbocycles. The van der Waals surface area contributed by atoms with Crippen LogP contribution in [0, 0.1) is 11.6 Å². The van der Waals surface area contributed by atoms with Crippen LogP contribution in [-0.4, -0.2) is 62.1 Å². The van der Waals surface area contributed by atoms with Crippen LogP contribution in [0.15, 0.2) is 42.5 Å². The molecule has 0 aromatic heterocycles. The van der Waals surface area contributed by atoms with Crippen molar-refractivity contribution in [3.05, 3.63) is 54.1 Å². The van der Waals surface area contributed by atoms with Crippen LogP contribution in [0.5, 0.6) is 0 Å². The molecule has 2 saturated heterocycles. The molecule has 2 aliphatic rings. The first kappa shape index (κ1) is 22.2. The second-order valence-corrected chi connectivity index (χ2v) is 7.68. The Bertz CT molecular complexity index is 1010. The summed E-state index contributed by atoms with van der Waals surface area (Å²) in [6.07, 6.45) is -1.63. The van der Waals surface area contributed by atoms with Crippen molar-refractivity contribution < 1.29 is 28.2 Å². The monoisotopic (exact) mass is 464 g/mol. The molecule has 0 radical (unpaired) electrons. The normalized spacial score (nSPS) is 20.8. The van der Waals surface area contributed by atoms with Crippen LogP contribution >= 0.6 is 12.2 Å². The van der Waals surface area contributed by atoms with Crippen LogP contribution in [0.4, 0.5) is 30.6 Å². The van der Waals surface area contributed by atoms with Crippen LogP contribution in [0.3, 0.4) is 0 Å². The van der Waals surface area contributed by atoms with Crippen molar-refractivity contribution in [2.45, 2.75) is 12.5 Å². The summed E-state index contributed by atoms with van der Waals surface area (Å²) in [4.78, 5) is 17.1. The number of anilines is 3. The summed E-state index contributed by atoms with van der Waals surface area (Å²) in [5.41, 5.74) is 1.08. The lowest BCUT2D eigenvalue weighted by atomic mass is 10.2. The fraction of sp³-hybridized carbons (Fsp3) is 0.333. The number of carbonyl (C=O) groups is 1. The van der Waals surface area contributed by atoms with Crippen molar-refractivity contribution in [3.8, 4) is 0 Å². The first-order chi connectivity index (χ1) is 15.4. The van der Waals surface area contributed by atoms with E-state index in [-0.39, 0.29) is 23.5 Å².